The molecule has 5 rings (SSSR count). The van der Waals surface area contributed by atoms with Gasteiger partial charge in [-0.2, -0.15) is 0 Å². The normalized spacial score (nSPS) is 15.5. The number of likely N-dealkylation sites (tertiary alicyclic amines) is 1. The topological polar surface area (TPSA) is 55.0 Å². The van der Waals surface area contributed by atoms with Crippen LogP contribution in [0.25, 0.3) is 32.9 Å². The van der Waals surface area contributed by atoms with Crippen molar-refractivity contribution >= 4 is 21.7 Å². The average molecular weight is 388 g/mol. The zero-order chi connectivity index (χ0) is 19.6. The van der Waals surface area contributed by atoms with E-state index in [4.69, 9.17) is 0 Å². The summed E-state index contributed by atoms with van der Waals surface area (Å²) in [6.07, 6.45) is 9.90. The molecule has 3 heterocycles. The van der Waals surface area contributed by atoms with Gasteiger partial charge in [-0.25, -0.2) is 0 Å². The van der Waals surface area contributed by atoms with Crippen LogP contribution >= 0.6 is 0 Å². The molecule has 29 heavy (non-hydrogen) atoms. The Morgan fingerprint density at radius 2 is 1.79 bits per heavy atom. The summed E-state index contributed by atoms with van der Waals surface area (Å²) in [7, 11) is 0. The molecule has 2 aromatic heterocycles. The van der Waals surface area contributed by atoms with Crippen LogP contribution in [-0.2, 0) is 13.0 Å². The number of benzene rings is 2. The fourth-order valence-corrected chi connectivity index (χ4v) is 4.74. The lowest BCUT2D eigenvalue weighted by molar-refractivity contribution is 0.221. The molecule has 4 aromatic rings. The van der Waals surface area contributed by atoms with E-state index < -0.39 is 0 Å². The van der Waals surface area contributed by atoms with Gasteiger partial charge in [-0.3, -0.25) is 4.90 Å². The molecule has 3 N–H and O–H groups in total. The zero-order valence-corrected chi connectivity index (χ0v) is 16.9. The van der Waals surface area contributed by atoms with Crippen molar-refractivity contribution in [3.63, 3.8) is 0 Å². The van der Waals surface area contributed by atoms with Crippen molar-refractivity contribution in [1.82, 2.24) is 14.9 Å². The van der Waals surface area contributed by atoms with Crippen LogP contribution in [0.2, 0.25) is 0 Å². The lowest BCUT2D eigenvalue weighted by Crippen LogP contribution is -2.28. The van der Waals surface area contributed by atoms with Gasteiger partial charge >= 0.3 is 0 Å². The van der Waals surface area contributed by atoms with E-state index in [0.29, 0.717) is 0 Å². The van der Waals surface area contributed by atoms with Crippen LogP contribution in [0.3, 0.4) is 0 Å². The first-order valence-corrected chi connectivity index (χ1v) is 10.9. The van der Waals surface area contributed by atoms with Crippen LogP contribution in [0, 0.1) is 0 Å². The smallest absolute Gasteiger partial charge is 0.0471 e. The Morgan fingerprint density at radius 1 is 0.931 bits per heavy atom. The first kappa shape index (κ1) is 18.5. The van der Waals surface area contributed by atoms with Crippen LogP contribution in [-0.4, -0.2) is 39.7 Å². The Kier molecular flexibility index (Phi) is 5.13. The third-order valence-electron chi connectivity index (χ3n) is 6.27. The highest BCUT2D eigenvalue weighted by atomic mass is 16.2. The highest BCUT2D eigenvalue weighted by Crippen LogP contribution is 2.33. The van der Waals surface area contributed by atoms with E-state index in [9.17, 15) is 5.11 Å². The second-order valence-corrected chi connectivity index (χ2v) is 8.32. The number of hydrogen-bond donors (Lipinski definition) is 3. The minimum Gasteiger partial charge on any atom is -0.396 e. The molecule has 1 aliphatic rings. The number of aryl methyl sites for hydroxylation is 1. The Morgan fingerprint density at radius 3 is 2.66 bits per heavy atom. The van der Waals surface area contributed by atoms with Crippen molar-refractivity contribution in [1.29, 1.82) is 0 Å². The Balaban J connectivity index is 1.46. The van der Waals surface area contributed by atoms with Crippen LogP contribution in [0.1, 0.15) is 36.8 Å². The number of rotatable bonds is 6. The van der Waals surface area contributed by atoms with E-state index in [-0.39, 0.29) is 6.61 Å². The average Bonchev–Trinajstić information content (AvgIpc) is 3.40. The Labute approximate surface area is 171 Å². The summed E-state index contributed by atoms with van der Waals surface area (Å²) in [5.74, 6) is 0. The number of aromatic nitrogens is 2. The molecule has 0 aliphatic carbocycles. The number of H-pyrrole nitrogens is 2. The summed E-state index contributed by atoms with van der Waals surface area (Å²) in [5.41, 5.74) is 6.27. The van der Waals surface area contributed by atoms with Gasteiger partial charge in [-0.1, -0.05) is 24.6 Å². The van der Waals surface area contributed by atoms with Gasteiger partial charge in [0.05, 0.1) is 0 Å². The molecule has 0 atom stereocenters. The molecule has 0 radical (unpaired) electrons. The molecule has 0 saturated carbocycles. The largest absolute Gasteiger partial charge is 0.396 e. The van der Waals surface area contributed by atoms with E-state index in [1.54, 1.807) is 0 Å². The van der Waals surface area contributed by atoms with Gasteiger partial charge in [0.1, 0.15) is 0 Å². The van der Waals surface area contributed by atoms with E-state index >= 15 is 0 Å². The van der Waals surface area contributed by atoms with Gasteiger partial charge in [0.2, 0.25) is 0 Å². The maximum Gasteiger partial charge on any atom is 0.0471 e. The molecule has 2 aromatic carbocycles. The molecule has 150 valence electrons. The second kappa shape index (κ2) is 8.05. The van der Waals surface area contributed by atoms with Crippen LogP contribution in [0.15, 0.2) is 48.8 Å². The number of aliphatic hydroxyl groups excluding tert-OH is 1. The monoisotopic (exact) mass is 387 g/mol. The zero-order valence-electron chi connectivity index (χ0n) is 16.9. The lowest BCUT2D eigenvalue weighted by Gasteiger charge is -2.26. The fourth-order valence-electron chi connectivity index (χ4n) is 4.74. The van der Waals surface area contributed by atoms with Crippen LogP contribution in [0.5, 0.6) is 0 Å². The van der Waals surface area contributed by atoms with E-state index in [1.165, 1.54) is 70.7 Å². The van der Waals surface area contributed by atoms with Crippen LogP contribution in [0.4, 0.5) is 0 Å². The molecule has 0 spiro atoms. The number of nitrogens with one attached hydrogen (secondary N) is 2. The summed E-state index contributed by atoms with van der Waals surface area (Å²) in [6, 6.07) is 13.5. The van der Waals surface area contributed by atoms with Gasteiger partial charge in [0.15, 0.2) is 0 Å². The maximum atomic E-state index is 9.17. The minimum atomic E-state index is 0.232. The lowest BCUT2D eigenvalue weighted by atomic mass is 9.99. The Bertz CT molecular complexity index is 1120. The molecule has 0 bridgehead atoms. The minimum absolute atomic E-state index is 0.232. The van der Waals surface area contributed by atoms with Gasteiger partial charge in [0, 0.05) is 58.5 Å². The highest BCUT2D eigenvalue weighted by Gasteiger charge is 2.13. The predicted octanol–water partition coefficient (Wildman–Crippen LogP) is 5.23. The van der Waals surface area contributed by atoms with Crippen LogP contribution < -0.4 is 0 Å². The molecule has 4 heteroatoms. The first-order chi connectivity index (χ1) is 14.3. The molecule has 1 saturated heterocycles. The molecule has 1 aliphatic heterocycles. The molecular formula is C25H29N3O. The highest BCUT2D eigenvalue weighted by molar-refractivity contribution is 6.00. The first-order valence-electron chi connectivity index (χ1n) is 10.9. The van der Waals surface area contributed by atoms with Gasteiger partial charge in [-0.05, 0) is 68.1 Å². The number of hydrogen-bond acceptors (Lipinski definition) is 2. The molecular weight excluding hydrogens is 358 g/mol. The summed E-state index contributed by atoms with van der Waals surface area (Å²) < 4.78 is 0. The summed E-state index contributed by atoms with van der Waals surface area (Å²) in [5, 5.41) is 12.9. The van der Waals surface area contributed by atoms with Crippen molar-refractivity contribution in [3.8, 4) is 11.3 Å². The number of aromatic amines is 2. The Hall–Kier alpha value is -2.56. The summed E-state index contributed by atoms with van der Waals surface area (Å²) in [4.78, 5) is 9.47. The van der Waals surface area contributed by atoms with Gasteiger partial charge in [-0.15, -0.1) is 0 Å². The van der Waals surface area contributed by atoms with Crippen molar-refractivity contribution in [2.45, 2.75) is 38.6 Å². The standard InChI is InChI=1S/C25H29N3O/c29-12-4-5-19-7-8-21(23-16-26-15-22(19)23)25-14-20-13-18(6-9-24(20)27-25)17-28-10-2-1-3-11-28/h6-9,13-16,26-27,29H,1-5,10-12,17H2. The van der Waals surface area contributed by atoms with Crippen molar-refractivity contribution in [3.05, 3.63) is 59.9 Å². The quantitative estimate of drug-likeness (QED) is 0.424. The summed E-state index contributed by atoms with van der Waals surface area (Å²) in [6.45, 7) is 3.74. The fraction of sp³-hybridized carbons (Fsp3) is 0.360. The molecule has 4 nitrogen and oxygen atoms in total. The number of fused-ring (bicyclic) bond motifs is 2. The third kappa shape index (κ3) is 3.70. The molecule has 0 unspecified atom stereocenters. The third-order valence-corrected chi connectivity index (χ3v) is 6.27. The summed E-state index contributed by atoms with van der Waals surface area (Å²) >= 11 is 0. The SMILES string of the molecule is OCCCc1ccc(-c2cc3cc(CN4CCCCC4)ccc3[nH]2)c2c[nH]cc12. The second-order valence-electron chi connectivity index (χ2n) is 8.32. The van der Waals surface area contributed by atoms with E-state index in [1.807, 2.05) is 0 Å². The van der Waals surface area contributed by atoms with Crippen molar-refractivity contribution < 1.29 is 5.11 Å². The van der Waals surface area contributed by atoms with Crippen molar-refractivity contribution in [2.24, 2.45) is 0 Å². The molecule has 1 fully saturated rings. The number of nitrogens with zero attached hydrogens (tertiary/aromatic N) is 1. The van der Waals surface area contributed by atoms with E-state index in [2.05, 4.69) is 63.7 Å². The van der Waals surface area contributed by atoms with E-state index in [0.717, 1.165) is 25.1 Å². The number of piperidine rings is 1. The molecule has 0 amide bonds. The predicted molar refractivity (Wildman–Crippen MR) is 120 cm³/mol. The van der Waals surface area contributed by atoms with Gasteiger partial charge < -0.3 is 15.1 Å². The number of aliphatic hydroxyl groups is 1. The maximum absolute atomic E-state index is 9.17. The van der Waals surface area contributed by atoms with Gasteiger partial charge in [0.25, 0.3) is 0 Å². The van der Waals surface area contributed by atoms with Crippen molar-refractivity contribution in [2.75, 3.05) is 19.7 Å².